The largest absolute Gasteiger partial charge is 0.495 e. The standard InChI is InChI=1S/C22H16ClNO4/c1-27-19-11-20(28-2)18(10-17(19)23)24-22(26)12-7-8-14-13-5-3-4-6-15(13)21(25)16(14)9-12/h3-11H,1-2H3,(H,24,26). The Morgan fingerprint density at radius 2 is 1.54 bits per heavy atom. The van der Waals surface area contributed by atoms with Crippen molar-refractivity contribution in [3.8, 4) is 22.6 Å². The van der Waals surface area contributed by atoms with Gasteiger partial charge in [0.15, 0.2) is 5.78 Å². The Hall–Kier alpha value is -3.31. The molecule has 0 unspecified atom stereocenters. The molecule has 1 N–H and O–H groups in total. The number of anilines is 1. The highest BCUT2D eigenvalue weighted by molar-refractivity contribution is 6.32. The molecule has 1 aliphatic carbocycles. The fourth-order valence-electron chi connectivity index (χ4n) is 3.32. The summed E-state index contributed by atoms with van der Waals surface area (Å²) in [6, 6.07) is 15.7. The molecule has 5 nitrogen and oxygen atoms in total. The van der Waals surface area contributed by atoms with Gasteiger partial charge in [-0.05, 0) is 29.3 Å². The normalized spacial score (nSPS) is 11.6. The minimum Gasteiger partial charge on any atom is -0.495 e. The molecular weight excluding hydrogens is 378 g/mol. The average molecular weight is 394 g/mol. The van der Waals surface area contributed by atoms with Gasteiger partial charge in [-0.25, -0.2) is 0 Å². The van der Waals surface area contributed by atoms with E-state index >= 15 is 0 Å². The first kappa shape index (κ1) is 18.1. The van der Waals surface area contributed by atoms with Crippen molar-refractivity contribution in [3.05, 3.63) is 76.3 Å². The SMILES string of the molecule is COc1cc(OC)c(NC(=O)c2ccc3c(c2)C(=O)c2ccccc2-3)cc1Cl. The molecule has 0 aromatic heterocycles. The van der Waals surface area contributed by atoms with E-state index in [0.29, 0.717) is 38.9 Å². The topological polar surface area (TPSA) is 64.6 Å². The van der Waals surface area contributed by atoms with Gasteiger partial charge in [0.05, 0.1) is 24.9 Å². The summed E-state index contributed by atoms with van der Waals surface area (Å²) >= 11 is 6.16. The molecule has 28 heavy (non-hydrogen) atoms. The third-order valence-electron chi connectivity index (χ3n) is 4.71. The van der Waals surface area contributed by atoms with Crippen LogP contribution < -0.4 is 14.8 Å². The Labute approximate surface area is 166 Å². The summed E-state index contributed by atoms with van der Waals surface area (Å²) in [5.74, 6) is 0.410. The van der Waals surface area contributed by atoms with Gasteiger partial charge in [0.2, 0.25) is 0 Å². The summed E-state index contributed by atoms with van der Waals surface area (Å²) in [6.07, 6.45) is 0. The molecule has 1 amide bonds. The molecule has 0 spiro atoms. The fraction of sp³-hybridized carbons (Fsp3) is 0.0909. The number of methoxy groups -OCH3 is 2. The number of benzene rings is 3. The number of fused-ring (bicyclic) bond motifs is 3. The molecule has 0 saturated carbocycles. The molecule has 0 saturated heterocycles. The van der Waals surface area contributed by atoms with E-state index < -0.39 is 0 Å². The number of amides is 1. The third kappa shape index (κ3) is 2.90. The second-order valence-electron chi connectivity index (χ2n) is 6.28. The van der Waals surface area contributed by atoms with Crippen LogP contribution in [0.2, 0.25) is 5.02 Å². The van der Waals surface area contributed by atoms with Gasteiger partial charge in [0, 0.05) is 22.8 Å². The lowest BCUT2D eigenvalue weighted by Crippen LogP contribution is -2.13. The Morgan fingerprint density at radius 1 is 0.857 bits per heavy atom. The number of halogens is 1. The van der Waals surface area contributed by atoms with Gasteiger partial charge in [0.25, 0.3) is 5.91 Å². The molecule has 3 aromatic carbocycles. The molecule has 6 heteroatoms. The van der Waals surface area contributed by atoms with Gasteiger partial charge in [-0.2, -0.15) is 0 Å². The first-order chi connectivity index (χ1) is 13.5. The van der Waals surface area contributed by atoms with Crippen molar-refractivity contribution in [2.24, 2.45) is 0 Å². The molecule has 0 radical (unpaired) electrons. The van der Waals surface area contributed by atoms with Crippen LogP contribution in [0.5, 0.6) is 11.5 Å². The predicted octanol–water partition coefficient (Wildman–Crippen LogP) is 4.82. The van der Waals surface area contributed by atoms with E-state index in [1.54, 1.807) is 36.4 Å². The molecular formula is C22H16ClNO4. The Kier molecular flexibility index (Phi) is 4.53. The Balaban J connectivity index is 1.66. The first-order valence-corrected chi connectivity index (χ1v) is 8.92. The van der Waals surface area contributed by atoms with E-state index in [2.05, 4.69) is 5.32 Å². The molecule has 3 aromatic rings. The van der Waals surface area contributed by atoms with Crippen molar-refractivity contribution < 1.29 is 19.1 Å². The fourth-order valence-corrected chi connectivity index (χ4v) is 3.56. The van der Waals surface area contributed by atoms with Crippen LogP contribution in [0, 0.1) is 0 Å². The van der Waals surface area contributed by atoms with Gasteiger partial charge in [-0.3, -0.25) is 9.59 Å². The van der Waals surface area contributed by atoms with E-state index in [9.17, 15) is 9.59 Å². The number of rotatable bonds is 4. The van der Waals surface area contributed by atoms with E-state index in [1.165, 1.54) is 14.2 Å². The average Bonchev–Trinajstić information content (AvgIpc) is 3.00. The van der Waals surface area contributed by atoms with Crippen LogP contribution in [0.25, 0.3) is 11.1 Å². The first-order valence-electron chi connectivity index (χ1n) is 8.54. The molecule has 4 rings (SSSR count). The summed E-state index contributed by atoms with van der Waals surface area (Å²) < 4.78 is 10.5. The smallest absolute Gasteiger partial charge is 0.255 e. The molecule has 0 heterocycles. The van der Waals surface area contributed by atoms with Crippen LogP contribution in [0.15, 0.2) is 54.6 Å². The van der Waals surface area contributed by atoms with Gasteiger partial charge in [-0.1, -0.05) is 41.9 Å². The van der Waals surface area contributed by atoms with E-state index in [1.807, 2.05) is 18.2 Å². The van der Waals surface area contributed by atoms with Gasteiger partial charge < -0.3 is 14.8 Å². The number of ketones is 1. The minimum atomic E-state index is -0.369. The molecule has 140 valence electrons. The van der Waals surface area contributed by atoms with Crippen molar-refractivity contribution in [2.45, 2.75) is 0 Å². The molecule has 1 aliphatic rings. The maximum Gasteiger partial charge on any atom is 0.255 e. The summed E-state index contributed by atoms with van der Waals surface area (Å²) in [5.41, 5.74) is 3.68. The van der Waals surface area contributed by atoms with Crippen LogP contribution in [0.4, 0.5) is 5.69 Å². The predicted molar refractivity (Wildman–Crippen MR) is 108 cm³/mol. The monoisotopic (exact) mass is 393 g/mol. The second kappa shape index (κ2) is 7.02. The lowest BCUT2D eigenvalue weighted by molar-refractivity contribution is 0.102. The molecule has 0 aliphatic heterocycles. The number of hydrogen-bond donors (Lipinski definition) is 1. The van der Waals surface area contributed by atoms with Gasteiger partial charge >= 0.3 is 0 Å². The lowest BCUT2D eigenvalue weighted by Gasteiger charge is -2.13. The van der Waals surface area contributed by atoms with Crippen molar-refractivity contribution in [3.63, 3.8) is 0 Å². The van der Waals surface area contributed by atoms with Crippen molar-refractivity contribution in [1.82, 2.24) is 0 Å². The number of carbonyl (C=O) groups excluding carboxylic acids is 2. The summed E-state index contributed by atoms with van der Waals surface area (Å²) in [6.45, 7) is 0. The van der Waals surface area contributed by atoms with Crippen LogP contribution in [-0.4, -0.2) is 25.9 Å². The summed E-state index contributed by atoms with van der Waals surface area (Å²) in [7, 11) is 2.99. The van der Waals surface area contributed by atoms with Crippen molar-refractivity contribution in [2.75, 3.05) is 19.5 Å². The van der Waals surface area contributed by atoms with Crippen molar-refractivity contribution >= 4 is 29.0 Å². The zero-order valence-electron chi connectivity index (χ0n) is 15.2. The maximum absolute atomic E-state index is 12.8. The van der Waals surface area contributed by atoms with Crippen LogP contribution >= 0.6 is 11.6 Å². The highest BCUT2D eigenvalue weighted by Crippen LogP contribution is 2.38. The van der Waals surface area contributed by atoms with Crippen molar-refractivity contribution in [1.29, 1.82) is 0 Å². The number of carbonyl (C=O) groups is 2. The Bertz CT molecular complexity index is 1120. The minimum absolute atomic E-state index is 0.0784. The highest BCUT2D eigenvalue weighted by atomic mass is 35.5. The van der Waals surface area contributed by atoms with E-state index in [-0.39, 0.29) is 11.7 Å². The molecule has 0 bridgehead atoms. The number of nitrogens with one attached hydrogen (secondary N) is 1. The lowest BCUT2D eigenvalue weighted by atomic mass is 10.0. The van der Waals surface area contributed by atoms with E-state index in [4.69, 9.17) is 21.1 Å². The zero-order valence-corrected chi connectivity index (χ0v) is 16.0. The van der Waals surface area contributed by atoms with Gasteiger partial charge in [0.1, 0.15) is 11.5 Å². The molecule has 0 fully saturated rings. The van der Waals surface area contributed by atoms with E-state index in [0.717, 1.165) is 11.1 Å². The maximum atomic E-state index is 12.8. The van der Waals surface area contributed by atoms with Crippen LogP contribution in [0.3, 0.4) is 0 Å². The Morgan fingerprint density at radius 3 is 2.25 bits per heavy atom. The summed E-state index contributed by atoms with van der Waals surface area (Å²) in [4.78, 5) is 25.4. The zero-order chi connectivity index (χ0) is 19.8. The highest BCUT2D eigenvalue weighted by Gasteiger charge is 2.27. The van der Waals surface area contributed by atoms with Crippen LogP contribution in [0.1, 0.15) is 26.3 Å². The summed E-state index contributed by atoms with van der Waals surface area (Å²) in [5, 5.41) is 3.13. The number of ether oxygens (including phenoxy) is 2. The second-order valence-corrected chi connectivity index (χ2v) is 6.68. The third-order valence-corrected chi connectivity index (χ3v) is 5.01. The quantitative estimate of drug-likeness (QED) is 0.539. The molecule has 0 atom stereocenters. The van der Waals surface area contributed by atoms with Crippen LogP contribution in [-0.2, 0) is 0 Å². The van der Waals surface area contributed by atoms with Gasteiger partial charge in [-0.15, -0.1) is 0 Å². The number of hydrogen-bond acceptors (Lipinski definition) is 4.